The highest BCUT2D eigenvalue weighted by molar-refractivity contribution is 5.71. The van der Waals surface area contributed by atoms with Crippen molar-refractivity contribution >= 4 is 17.1 Å². The first-order chi connectivity index (χ1) is 10.4. The van der Waals surface area contributed by atoms with Crippen molar-refractivity contribution in [3.05, 3.63) is 16.7 Å². The van der Waals surface area contributed by atoms with Gasteiger partial charge in [-0.15, -0.1) is 6.42 Å². The van der Waals surface area contributed by atoms with E-state index in [0.29, 0.717) is 0 Å². The van der Waals surface area contributed by atoms with Crippen molar-refractivity contribution in [2.75, 3.05) is 19.5 Å². The molecule has 2 rings (SSSR count). The number of terminal acetylenes is 1. The molecule has 22 heavy (non-hydrogen) atoms. The fraction of sp³-hybridized carbons (Fsp3) is 0.417. The van der Waals surface area contributed by atoms with Crippen molar-refractivity contribution in [1.29, 1.82) is 0 Å². The predicted molar refractivity (Wildman–Crippen MR) is 74.4 cm³/mol. The first kappa shape index (κ1) is 15.9. The molecule has 0 fully saturated rings. The summed E-state index contributed by atoms with van der Waals surface area (Å²) in [7, 11) is 1.11. The summed E-state index contributed by atoms with van der Waals surface area (Å²) in [5.74, 6) is 1.85. The van der Waals surface area contributed by atoms with E-state index in [4.69, 9.17) is 22.0 Å². The largest absolute Gasteiger partial charge is 0.394 e. The third kappa shape index (κ3) is 2.21. The molecule has 0 saturated heterocycles. The zero-order chi connectivity index (χ0) is 16.5. The molecule has 1 unspecified atom stereocenters. The summed E-state index contributed by atoms with van der Waals surface area (Å²) in [6, 6.07) is 0. The Labute approximate surface area is 123 Å². The maximum absolute atomic E-state index is 14.5. The maximum Gasteiger partial charge on any atom is 0.280 e. The number of fused-ring (bicyclic) bond motifs is 1. The standard InChI is InChI=1S/C12H14FN5O4/c1-3-12(22-2,8(13)6(20)4-19)18-5-15-7-9(18)16-11(14)17-10(7)21/h1,5-6,8,19-20H,4H2,2H3,(H3,14,16,17,21)/t6?,8-,12-/m1/s1. The number of aromatic amines is 1. The van der Waals surface area contributed by atoms with Gasteiger partial charge in [0.15, 0.2) is 17.3 Å². The second kappa shape index (κ2) is 5.72. The average molecular weight is 311 g/mol. The van der Waals surface area contributed by atoms with Crippen LogP contribution in [-0.4, -0.2) is 55.7 Å². The molecule has 2 aromatic heterocycles. The van der Waals surface area contributed by atoms with Gasteiger partial charge in [-0.3, -0.25) is 14.3 Å². The smallest absolute Gasteiger partial charge is 0.280 e. The number of aliphatic hydroxyl groups is 2. The molecule has 0 radical (unpaired) electrons. The Morgan fingerprint density at radius 1 is 1.73 bits per heavy atom. The van der Waals surface area contributed by atoms with E-state index in [2.05, 4.69) is 20.9 Å². The molecule has 0 amide bonds. The Kier molecular flexibility index (Phi) is 4.14. The van der Waals surface area contributed by atoms with Gasteiger partial charge in [0.05, 0.1) is 6.61 Å². The highest BCUT2D eigenvalue weighted by atomic mass is 19.1. The number of H-pyrrole nitrogens is 1. The minimum atomic E-state index is -2.22. The number of rotatable bonds is 5. The van der Waals surface area contributed by atoms with Crippen LogP contribution in [0.3, 0.4) is 0 Å². The van der Waals surface area contributed by atoms with E-state index in [-0.39, 0.29) is 17.1 Å². The lowest BCUT2D eigenvalue weighted by Crippen LogP contribution is -2.50. The van der Waals surface area contributed by atoms with Gasteiger partial charge in [0.2, 0.25) is 11.7 Å². The molecule has 0 saturated carbocycles. The normalized spacial score (nSPS) is 16.9. The Hall–Kier alpha value is -2.48. The van der Waals surface area contributed by atoms with Crippen LogP contribution in [0.15, 0.2) is 11.1 Å². The number of nitrogens with zero attached hydrogens (tertiary/aromatic N) is 3. The fourth-order valence-electron chi connectivity index (χ4n) is 2.07. The molecule has 0 aliphatic heterocycles. The number of aliphatic hydroxyl groups excluding tert-OH is 2. The zero-order valence-electron chi connectivity index (χ0n) is 11.5. The first-order valence-corrected chi connectivity index (χ1v) is 6.10. The number of nitrogens with one attached hydrogen (secondary N) is 1. The van der Waals surface area contributed by atoms with Crippen LogP contribution >= 0.6 is 0 Å². The highest BCUT2D eigenvalue weighted by Gasteiger charge is 2.45. The number of halogens is 1. The van der Waals surface area contributed by atoms with Gasteiger partial charge in [-0.05, 0) is 5.92 Å². The molecule has 0 aliphatic rings. The topological polar surface area (TPSA) is 139 Å². The molecule has 0 aromatic carbocycles. The minimum absolute atomic E-state index is 0.117. The minimum Gasteiger partial charge on any atom is -0.394 e. The lowest BCUT2D eigenvalue weighted by Gasteiger charge is -2.33. The highest BCUT2D eigenvalue weighted by Crippen LogP contribution is 2.29. The monoisotopic (exact) mass is 311 g/mol. The number of ether oxygens (including phenoxy) is 1. The first-order valence-electron chi connectivity index (χ1n) is 6.10. The van der Waals surface area contributed by atoms with Crippen molar-refractivity contribution in [2.24, 2.45) is 0 Å². The summed E-state index contributed by atoms with van der Waals surface area (Å²) in [5, 5.41) is 18.5. The Bertz CT molecular complexity index is 782. The van der Waals surface area contributed by atoms with E-state index in [9.17, 15) is 14.3 Å². The molecule has 5 N–H and O–H groups in total. The molecular formula is C12H14FN5O4. The molecule has 10 heteroatoms. The second-order valence-corrected chi connectivity index (χ2v) is 4.43. The quantitative estimate of drug-likeness (QED) is 0.484. The van der Waals surface area contributed by atoms with Crippen LogP contribution in [0.5, 0.6) is 0 Å². The van der Waals surface area contributed by atoms with Gasteiger partial charge in [0, 0.05) is 7.11 Å². The summed E-state index contributed by atoms with van der Waals surface area (Å²) in [6.45, 7) is -0.878. The van der Waals surface area contributed by atoms with Gasteiger partial charge in [0.25, 0.3) is 5.56 Å². The number of imidazole rings is 1. The number of alkyl halides is 1. The lowest BCUT2D eigenvalue weighted by molar-refractivity contribution is -0.129. The van der Waals surface area contributed by atoms with E-state index < -0.39 is 30.2 Å². The molecule has 2 aromatic rings. The zero-order valence-corrected chi connectivity index (χ0v) is 11.5. The maximum atomic E-state index is 14.5. The Morgan fingerprint density at radius 2 is 2.41 bits per heavy atom. The van der Waals surface area contributed by atoms with Crippen LogP contribution < -0.4 is 11.3 Å². The second-order valence-electron chi connectivity index (χ2n) is 4.43. The number of hydrogen-bond donors (Lipinski definition) is 4. The molecule has 9 nitrogen and oxygen atoms in total. The molecule has 3 atom stereocenters. The third-order valence-electron chi connectivity index (χ3n) is 3.20. The van der Waals surface area contributed by atoms with E-state index in [1.54, 1.807) is 0 Å². The van der Waals surface area contributed by atoms with Crippen LogP contribution in [0, 0.1) is 12.3 Å². The van der Waals surface area contributed by atoms with Crippen molar-refractivity contribution in [2.45, 2.75) is 18.0 Å². The number of hydrogen-bond acceptors (Lipinski definition) is 7. The number of aromatic nitrogens is 4. The molecular weight excluding hydrogens is 297 g/mol. The van der Waals surface area contributed by atoms with Crippen LogP contribution in [0.25, 0.3) is 11.2 Å². The number of anilines is 1. The van der Waals surface area contributed by atoms with E-state index in [1.165, 1.54) is 0 Å². The van der Waals surface area contributed by atoms with Gasteiger partial charge in [0.1, 0.15) is 12.4 Å². The predicted octanol–water partition coefficient (Wildman–Crippen LogP) is -1.67. The van der Waals surface area contributed by atoms with Crippen LogP contribution in [0.1, 0.15) is 0 Å². The number of nitrogen functional groups attached to an aromatic ring is 1. The summed E-state index contributed by atoms with van der Waals surface area (Å²) >= 11 is 0. The van der Waals surface area contributed by atoms with Crippen LogP contribution in [-0.2, 0) is 10.5 Å². The van der Waals surface area contributed by atoms with Gasteiger partial charge in [-0.2, -0.15) is 4.98 Å². The molecule has 0 aliphatic carbocycles. The van der Waals surface area contributed by atoms with Gasteiger partial charge in [-0.1, -0.05) is 0 Å². The van der Waals surface area contributed by atoms with Crippen LogP contribution in [0.2, 0.25) is 0 Å². The van der Waals surface area contributed by atoms with E-state index in [0.717, 1.165) is 18.0 Å². The fourth-order valence-corrected chi connectivity index (χ4v) is 2.07. The van der Waals surface area contributed by atoms with Crippen molar-refractivity contribution in [3.8, 4) is 12.3 Å². The SMILES string of the molecule is C#C[C@@](OC)([C@H](F)C(O)CO)n1cnc2c(=O)[nH]c(N)nc21. The Morgan fingerprint density at radius 3 is 2.95 bits per heavy atom. The van der Waals surface area contributed by atoms with Crippen molar-refractivity contribution < 1.29 is 19.3 Å². The van der Waals surface area contributed by atoms with Gasteiger partial charge < -0.3 is 20.7 Å². The summed E-state index contributed by atoms with van der Waals surface area (Å²) in [6.07, 6.45) is 2.39. The van der Waals surface area contributed by atoms with E-state index in [1.807, 2.05) is 0 Å². The lowest BCUT2D eigenvalue weighted by atomic mass is 10.0. The molecule has 118 valence electrons. The number of nitrogens with two attached hydrogens (primary N) is 1. The summed E-state index contributed by atoms with van der Waals surface area (Å²) in [4.78, 5) is 21.7. The summed E-state index contributed by atoms with van der Waals surface area (Å²) in [5.41, 5.74) is 2.41. The average Bonchev–Trinajstić information content (AvgIpc) is 2.93. The molecule has 0 bridgehead atoms. The van der Waals surface area contributed by atoms with E-state index >= 15 is 0 Å². The van der Waals surface area contributed by atoms with Gasteiger partial charge in [-0.25, -0.2) is 9.37 Å². The van der Waals surface area contributed by atoms with Gasteiger partial charge >= 0.3 is 0 Å². The van der Waals surface area contributed by atoms with Crippen LogP contribution in [0.4, 0.5) is 10.3 Å². The third-order valence-corrected chi connectivity index (χ3v) is 3.20. The Balaban J connectivity index is 2.74. The van der Waals surface area contributed by atoms with Crippen molar-refractivity contribution in [3.63, 3.8) is 0 Å². The molecule has 2 heterocycles. The van der Waals surface area contributed by atoms with Crippen molar-refractivity contribution in [1.82, 2.24) is 19.5 Å². The summed E-state index contributed by atoms with van der Waals surface area (Å²) < 4.78 is 20.6. The molecule has 0 spiro atoms. The number of methoxy groups -OCH3 is 1.